The molecule has 1 atom stereocenters. The molecule has 0 saturated carbocycles. The predicted octanol–water partition coefficient (Wildman–Crippen LogP) is 4.49. The lowest BCUT2D eigenvalue weighted by atomic mass is 9.97. The van der Waals surface area contributed by atoms with Crippen molar-refractivity contribution in [3.05, 3.63) is 48.9 Å². The van der Waals surface area contributed by atoms with E-state index in [4.69, 9.17) is 9.84 Å². The van der Waals surface area contributed by atoms with Crippen LogP contribution in [-0.4, -0.2) is 23.4 Å². The first kappa shape index (κ1) is 16.7. The number of halogens is 4. The zero-order valence-electron chi connectivity index (χ0n) is 10.6. The van der Waals surface area contributed by atoms with Crippen LogP contribution < -0.4 is 4.74 Å². The lowest BCUT2D eigenvalue weighted by Crippen LogP contribution is -2.32. The standard InChI is InChI=1S/C14H10F2I2O3/c15-11-3-1-2-4-14(11,16)7-21-12-9(17)5-8(13(19)20)6-10(12)18/h1-3,5-6H,4,7H2,(H,19,20). The first-order valence-corrected chi connectivity index (χ1v) is 8.06. The van der Waals surface area contributed by atoms with Crippen molar-refractivity contribution in [3.8, 4) is 5.75 Å². The van der Waals surface area contributed by atoms with Crippen molar-refractivity contribution in [2.75, 3.05) is 6.61 Å². The van der Waals surface area contributed by atoms with Gasteiger partial charge in [-0.05, 0) is 63.4 Å². The number of alkyl halides is 1. The quantitative estimate of drug-likeness (QED) is 0.598. The van der Waals surface area contributed by atoms with E-state index in [1.165, 1.54) is 24.3 Å². The Hall–Kier alpha value is -0.710. The molecule has 1 aliphatic carbocycles. The molecule has 7 heteroatoms. The maximum atomic E-state index is 14.4. The number of hydrogen-bond donors (Lipinski definition) is 1. The van der Waals surface area contributed by atoms with Gasteiger partial charge in [0.15, 0.2) is 5.67 Å². The summed E-state index contributed by atoms with van der Waals surface area (Å²) in [4.78, 5) is 10.9. The lowest BCUT2D eigenvalue weighted by molar-refractivity contribution is 0.0696. The van der Waals surface area contributed by atoms with Gasteiger partial charge in [-0.1, -0.05) is 12.2 Å². The van der Waals surface area contributed by atoms with Crippen LogP contribution in [0.15, 0.2) is 36.2 Å². The first-order valence-electron chi connectivity index (χ1n) is 5.90. The largest absolute Gasteiger partial charge is 0.488 e. The van der Waals surface area contributed by atoms with Crippen molar-refractivity contribution in [2.24, 2.45) is 0 Å². The molecule has 1 aromatic carbocycles. The highest BCUT2D eigenvalue weighted by molar-refractivity contribution is 14.1. The summed E-state index contributed by atoms with van der Waals surface area (Å²) in [7, 11) is 0. The summed E-state index contributed by atoms with van der Waals surface area (Å²) in [5.74, 6) is -1.55. The molecule has 0 heterocycles. The SMILES string of the molecule is O=C(O)c1cc(I)c(OCC2(F)CC=CC=C2F)c(I)c1. The van der Waals surface area contributed by atoms with Gasteiger partial charge < -0.3 is 9.84 Å². The third kappa shape index (κ3) is 3.74. The van der Waals surface area contributed by atoms with E-state index < -0.39 is 24.1 Å². The molecule has 0 spiro atoms. The highest BCUT2D eigenvalue weighted by Crippen LogP contribution is 2.34. The number of benzene rings is 1. The molecule has 0 radical (unpaired) electrons. The maximum absolute atomic E-state index is 14.4. The lowest BCUT2D eigenvalue weighted by Gasteiger charge is -2.25. The zero-order valence-corrected chi connectivity index (χ0v) is 14.9. The highest BCUT2D eigenvalue weighted by Gasteiger charge is 2.36. The van der Waals surface area contributed by atoms with Crippen molar-refractivity contribution in [1.82, 2.24) is 0 Å². The van der Waals surface area contributed by atoms with Gasteiger partial charge in [0, 0.05) is 6.42 Å². The molecule has 21 heavy (non-hydrogen) atoms. The maximum Gasteiger partial charge on any atom is 0.335 e. The summed E-state index contributed by atoms with van der Waals surface area (Å²) in [5, 5.41) is 8.96. The molecule has 1 N–H and O–H groups in total. The van der Waals surface area contributed by atoms with Crippen LogP contribution in [-0.2, 0) is 0 Å². The second-order valence-electron chi connectivity index (χ2n) is 4.48. The Balaban J connectivity index is 2.19. The first-order chi connectivity index (χ1) is 9.83. The minimum Gasteiger partial charge on any atom is -0.488 e. The predicted molar refractivity (Wildman–Crippen MR) is 91.1 cm³/mol. The zero-order chi connectivity index (χ0) is 15.6. The summed E-state index contributed by atoms with van der Waals surface area (Å²) in [6, 6.07) is 2.86. The van der Waals surface area contributed by atoms with E-state index in [0.29, 0.717) is 12.9 Å². The number of carbonyl (C=O) groups is 1. The molecule has 1 aliphatic rings. The van der Waals surface area contributed by atoms with Crippen LogP contribution >= 0.6 is 45.2 Å². The van der Waals surface area contributed by atoms with E-state index in [1.807, 2.05) is 45.2 Å². The van der Waals surface area contributed by atoms with Gasteiger partial charge in [-0.2, -0.15) is 0 Å². The molecule has 0 bridgehead atoms. The molecule has 0 aliphatic heterocycles. The Morgan fingerprint density at radius 2 is 2.00 bits per heavy atom. The molecular formula is C14H10F2I2O3. The molecule has 112 valence electrons. The van der Waals surface area contributed by atoms with E-state index in [9.17, 15) is 13.6 Å². The van der Waals surface area contributed by atoms with E-state index in [-0.39, 0.29) is 12.0 Å². The Morgan fingerprint density at radius 3 is 2.52 bits per heavy atom. The van der Waals surface area contributed by atoms with E-state index in [2.05, 4.69) is 0 Å². The van der Waals surface area contributed by atoms with Gasteiger partial charge in [-0.15, -0.1) is 0 Å². The van der Waals surface area contributed by atoms with Crippen LogP contribution in [0.4, 0.5) is 8.78 Å². The van der Waals surface area contributed by atoms with Gasteiger partial charge in [0.2, 0.25) is 0 Å². The minimum atomic E-state index is -2.17. The van der Waals surface area contributed by atoms with Gasteiger partial charge in [0.05, 0.1) is 12.7 Å². The molecule has 1 aromatic rings. The van der Waals surface area contributed by atoms with E-state index in [1.54, 1.807) is 0 Å². The third-order valence-corrected chi connectivity index (χ3v) is 4.54. The monoisotopic (exact) mass is 518 g/mol. The molecule has 2 rings (SSSR count). The number of aromatic carboxylic acids is 1. The van der Waals surface area contributed by atoms with Gasteiger partial charge in [-0.25, -0.2) is 13.6 Å². The van der Waals surface area contributed by atoms with Crippen molar-refractivity contribution < 1.29 is 23.4 Å². The Bertz CT molecular complexity index is 620. The van der Waals surface area contributed by atoms with E-state index >= 15 is 0 Å². The normalized spacial score (nSPS) is 21.0. The average Bonchev–Trinajstić information content (AvgIpc) is 2.41. The fourth-order valence-corrected chi connectivity index (χ4v) is 3.87. The molecule has 0 aromatic heterocycles. The van der Waals surface area contributed by atoms with Crippen LogP contribution in [0.3, 0.4) is 0 Å². The fourth-order valence-electron chi connectivity index (χ4n) is 1.79. The highest BCUT2D eigenvalue weighted by atomic mass is 127. The summed E-state index contributed by atoms with van der Waals surface area (Å²) in [6.45, 7) is -0.460. The van der Waals surface area contributed by atoms with Crippen LogP contribution in [0.2, 0.25) is 0 Å². The van der Waals surface area contributed by atoms with Gasteiger partial charge in [0.1, 0.15) is 18.2 Å². The van der Waals surface area contributed by atoms with Crippen LogP contribution in [0, 0.1) is 7.14 Å². The molecule has 0 fully saturated rings. The number of hydrogen-bond acceptors (Lipinski definition) is 2. The van der Waals surface area contributed by atoms with Gasteiger partial charge >= 0.3 is 5.97 Å². The number of rotatable bonds is 4. The number of ether oxygens (including phenoxy) is 1. The second-order valence-corrected chi connectivity index (χ2v) is 6.80. The number of carboxylic acid groups (broad SMARTS) is 1. The summed E-state index contributed by atoms with van der Waals surface area (Å²) >= 11 is 3.82. The number of carboxylic acids is 1. The molecule has 1 unspecified atom stereocenters. The van der Waals surface area contributed by atoms with E-state index in [0.717, 1.165) is 6.08 Å². The van der Waals surface area contributed by atoms with Crippen molar-refractivity contribution in [1.29, 1.82) is 0 Å². The Kier molecular flexibility index (Phi) is 5.23. The molecular weight excluding hydrogens is 508 g/mol. The number of allylic oxidation sites excluding steroid dienone is 3. The molecule has 0 amide bonds. The van der Waals surface area contributed by atoms with Crippen molar-refractivity contribution in [3.63, 3.8) is 0 Å². The molecule has 0 saturated heterocycles. The van der Waals surface area contributed by atoms with Gasteiger partial charge in [0.25, 0.3) is 0 Å². The van der Waals surface area contributed by atoms with Crippen LogP contribution in [0.1, 0.15) is 16.8 Å². The summed E-state index contributed by atoms with van der Waals surface area (Å²) < 4.78 is 34.5. The topological polar surface area (TPSA) is 46.5 Å². The second kappa shape index (κ2) is 6.59. The molecule has 3 nitrogen and oxygen atoms in total. The van der Waals surface area contributed by atoms with Crippen LogP contribution in [0.5, 0.6) is 5.75 Å². The van der Waals surface area contributed by atoms with Crippen LogP contribution in [0.25, 0.3) is 0 Å². The van der Waals surface area contributed by atoms with Gasteiger partial charge in [-0.3, -0.25) is 0 Å². The Morgan fingerprint density at radius 1 is 1.38 bits per heavy atom. The fraction of sp³-hybridized carbons (Fsp3) is 0.214. The Labute approximate surface area is 147 Å². The average molecular weight is 518 g/mol. The third-order valence-electron chi connectivity index (χ3n) is 2.94. The smallest absolute Gasteiger partial charge is 0.335 e. The summed E-state index contributed by atoms with van der Waals surface area (Å²) in [5.41, 5.74) is -2.05. The van der Waals surface area contributed by atoms with Crippen molar-refractivity contribution >= 4 is 51.2 Å². The van der Waals surface area contributed by atoms with Crippen molar-refractivity contribution in [2.45, 2.75) is 12.1 Å². The summed E-state index contributed by atoms with van der Waals surface area (Å²) in [6.07, 6.45) is 3.99. The minimum absolute atomic E-state index is 0.0876.